The van der Waals surface area contributed by atoms with Gasteiger partial charge < -0.3 is 10.5 Å². The Bertz CT molecular complexity index is 305. The number of nitrogens with two attached hydrogens (primary N) is 1. The predicted molar refractivity (Wildman–Crippen MR) is 73.4 cm³/mol. The van der Waals surface area contributed by atoms with Gasteiger partial charge in [-0.05, 0) is 44.4 Å². The molecule has 1 aromatic rings. The molecule has 17 heavy (non-hydrogen) atoms. The molecule has 0 aliphatic heterocycles. The van der Waals surface area contributed by atoms with Crippen LogP contribution in [0, 0.1) is 0 Å². The van der Waals surface area contributed by atoms with Gasteiger partial charge in [-0.15, -0.1) is 0 Å². The van der Waals surface area contributed by atoms with Crippen LogP contribution in [0.2, 0.25) is 0 Å². The van der Waals surface area contributed by atoms with E-state index in [0.717, 1.165) is 18.6 Å². The van der Waals surface area contributed by atoms with E-state index in [1.165, 1.54) is 18.4 Å². The van der Waals surface area contributed by atoms with E-state index < -0.39 is 0 Å². The monoisotopic (exact) mass is 235 g/mol. The van der Waals surface area contributed by atoms with E-state index in [4.69, 9.17) is 10.5 Å². The maximum atomic E-state index is 5.85. The second-order valence-electron chi connectivity index (χ2n) is 4.90. The number of benzene rings is 1. The number of rotatable bonds is 7. The molecule has 0 heterocycles. The van der Waals surface area contributed by atoms with Gasteiger partial charge in [0.15, 0.2) is 0 Å². The molecular formula is C15H25NO. The normalized spacial score (nSPS) is 14.4. The van der Waals surface area contributed by atoms with Crippen molar-refractivity contribution in [1.29, 1.82) is 0 Å². The molecule has 2 atom stereocenters. The van der Waals surface area contributed by atoms with E-state index in [9.17, 15) is 0 Å². The van der Waals surface area contributed by atoms with Crippen molar-refractivity contribution in [2.45, 2.75) is 58.6 Å². The minimum Gasteiger partial charge on any atom is -0.491 e. The molecule has 0 fully saturated rings. The third-order valence-corrected chi connectivity index (χ3v) is 2.78. The van der Waals surface area contributed by atoms with Crippen molar-refractivity contribution in [3.63, 3.8) is 0 Å². The van der Waals surface area contributed by atoms with E-state index in [-0.39, 0.29) is 6.04 Å². The molecule has 0 bridgehead atoms. The predicted octanol–water partition coefficient (Wildman–Crippen LogP) is 3.53. The zero-order valence-electron chi connectivity index (χ0n) is 11.3. The third-order valence-electron chi connectivity index (χ3n) is 2.78. The van der Waals surface area contributed by atoms with Crippen molar-refractivity contribution in [2.75, 3.05) is 0 Å². The zero-order chi connectivity index (χ0) is 12.7. The first-order chi connectivity index (χ1) is 8.11. The molecule has 0 radical (unpaired) electrons. The maximum absolute atomic E-state index is 5.85. The van der Waals surface area contributed by atoms with Gasteiger partial charge >= 0.3 is 0 Å². The first-order valence-corrected chi connectivity index (χ1v) is 6.63. The van der Waals surface area contributed by atoms with Crippen LogP contribution in [0.25, 0.3) is 0 Å². The van der Waals surface area contributed by atoms with Crippen molar-refractivity contribution in [3.8, 4) is 5.75 Å². The summed E-state index contributed by atoms with van der Waals surface area (Å²) < 4.78 is 5.85. The molecule has 1 rings (SSSR count). The average molecular weight is 235 g/mol. The lowest BCUT2D eigenvalue weighted by Crippen LogP contribution is -2.17. The lowest BCUT2D eigenvalue weighted by molar-refractivity contribution is 0.207. The number of hydrogen-bond acceptors (Lipinski definition) is 2. The summed E-state index contributed by atoms with van der Waals surface area (Å²) >= 11 is 0. The highest BCUT2D eigenvalue weighted by atomic mass is 16.5. The molecule has 2 N–H and O–H groups in total. The summed E-state index contributed by atoms with van der Waals surface area (Å²) in [5.74, 6) is 0.960. The molecule has 0 saturated carbocycles. The van der Waals surface area contributed by atoms with Crippen molar-refractivity contribution in [3.05, 3.63) is 29.8 Å². The largest absolute Gasteiger partial charge is 0.491 e. The van der Waals surface area contributed by atoms with Gasteiger partial charge in [-0.25, -0.2) is 0 Å². The van der Waals surface area contributed by atoms with E-state index in [2.05, 4.69) is 26.0 Å². The fraction of sp³-hybridized carbons (Fsp3) is 0.600. The second-order valence-corrected chi connectivity index (χ2v) is 4.90. The van der Waals surface area contributed by atoms with Crippen molar-refractivity contribution < 1.29 is 4.74 Å². The van der Waals surface area contributed by atoms with Crippen LogP contribution in [0.15, 0.2) is 24.3 Å². The smallest absolute Gasteiger partial charge is 0.119 e. The molecule has 0 aromatic heterocycles. The molecule has 2 unspecified atom stereocenters. The van der Waals surface area contributed by atoms with Crippen LogP contribution in [-0.4, -0.2) is 12.1 Å². The van der Waals surface area contributed by atoms with Crippen molar-refractivity contribution >= 4 is 0 Å². The molecule has 0 spiro atoms. The highest BCUT2D eigenvalue weighted by molar-refractivity contribution is 5.27. The fourth-order valence-electron chi connectivity index (χ4n) is 1.86. The van der Waals surface area contributed by atoms with Gasteiger partial charge in [0.25, 0.3) is 0 Å². The van der Waals surface area contributed by atoms with Gasteiger partial charge in [-0.3, -0.25) is 0 Å². The minimum absolute atomic E-state index is 0.213. The Labute approximate surface area is 105 Å². The van der Waals surface area contributed by atoms with Crippen LogP contribution in [-0.2, 0) is 6.42 Å². The summed E-state index contributed by atoms with van der Waals surface area (Å²) in [7, 11) is 0. The molecule has 96 valence electrons. The third kappa shape index (κ3) is 5.73. The topological polar surface area (TPSA) is 35.2 Å². The van der Waals surface area contributed by atoms with Gasteiger partial charge in [-0.1, -0.05) is 31.9 Å². The number of unbranched alkanes of at least 4 members (excludes halogenated alkanes) is 1. The first kappa shape index (κ1) is 14.0. The summed E-state index contributed by atoms with van der Waals surface area (Å²) in [6.45, 7) is 6.36. The van der Waals surface area contributed by atoms with E-state index >= 15 is 0 Å². The lowest BCUT2D eigenvalue weighted by Gasteiger charge is -2.14. The Kier molecular flexibility index (Phi) is 6.06. The van der Waals surface area contributed by atoms with Gasteiger partial charge in [-0.2, -0.15) is 0 Å². The summed E-state index contributed by atoms with van der Waals surface area (Å²) in [6.07, 6.45) is 4.79. The Hall–Kier alpha value is -1.02. The SMILES string of the molecule is CCCCC(C)Oc1ccc(CC(C)N)cc1. The van der Waals surface area contributed by atoms with Gasteiger partial charge in [0.05, 0.1) is 6.10 Å². The molecule has 2 heteroatoms. The lowest BCUT2D eigenvalue weighted by atomic mass is 10.1. The van der Waals surface area contributed by atoms with Crippen LogP contribution >= 0.6 is 0 Å². The summed E-state index contributed by atoms with van der Waals surface area (Å²) in [4.78, 5) is 0. The molecule has 0 saturated heterocycles. The standard InChI is InChI=1S/C15H25NO/c1-4-5-6-13(3)17-15-9-7-14(8-10-15)11-12(2)16/h7-10,12-13H,4-6,11,16H2,1-3H3. The molecule has 0 aliphatic carbocycles. The molecule has 0 amide bonds. The molecule has 0 aliphatic rings. The van der Waals surface area contributed by atoms with Crippen molar-refractivity contribution in [1.82, 2.24) is 0 Å². The van der Waals surface area contributed by atoms with Crippen LogP contribution in [0.5, 0.6) is 5.75 Å². The Morgan fingerprint density at radius 1 is 1.18 bits per heavy atom. The molecule has 2 nitrogen and oxygen atoms in total. The summed E-state index contributed by atoms with van der Waals surface area (Å²) in [5.41, 5.74) is 7.04. The Balaban J connectivity index is 2.44. The van der Waals surface area contributed by atoms with Gasteiger partial charge in [0, 0.05) is 6.04 Å². The van der Waals surface area contributed by atoms with E-state index in [0.29, 0.717) is 6.10 Å². The maximum Gasteiger partial charge on any atom is 0.119 e. The van der Waals surface area contributed by atoms with E-state index in [1.54, 1.807) is 0 Å². The number of ether oxygens (including phenoxy) is 1. The first-order valence-electron chi connectivity index (χ1n) is 6.63. The Morgan fingerprint density at radius 3 is 2.35 bits per heavy atom. The van der Waals surface area contributed by atoms with Crippen molar-refractivity contribution in [2.24, 2.45) is 5.73 Å². The van der Waals surface area contributed by atoms with Gasteiger partial charge in [0.1, 0.15) is 5.75 Å². The average Bonchev–Trinajstić information content (AvgIpc) is 2.28. The van der Waals surface area contributed by atoms with Crippen LogP contribution in [0.4, 0.5) is 0 Å². The quantitative estimate of drug-likeness (QED) is 0.784. The highest BCUT2D eigenvalue weighted by Crippen LogP contribution is 2.16. The number of hydrogen-bond donors (Lipinski definition) is 1. The van der Waals surface area contributed by atoms with E-state index in [1.807, 2.05) is 19.1 Å². The van der Waals surface area contributed by atoms with Crippen LogP contribution < -0.4 is 10.5 Å². The molecule has 1 aromatic carbocycles. The minimum atomic E-state index is 0.213. The molecular weight excluding hydrogens is 210 g/mol. The highest BCUT2D eigenvalue weighted by Gasteiger charge is 2.04. The summed E-state index contributed by atoms with van der Waals surface area (Å²) in [5, 5.41) is 0. The summed E-state index contributed by atoms with van der Waals surface area (Å²) in [6, 6.07) is 8.50. The Morgan fingerprint density at radius 2 is 1.82 bits per heavy atom. The second kappa shape index (κ2) is 7.33. The fourth-order valence-corrected chi connectivity index (χ4v) is 1.86. The van der Waals surface area contributed by atoms with Gasteiger partial charge in [0.2, 0.25) is 0 Å². The van der Waals surface area contributed by atoms with Crippen LogP contribution in [0.1, 0.15) is 45.6 Å². The zero-order valence-corrected chi connectivity index (χ0v) is 11.3. The van der Waals surface area contributed by atoms with Crippen LogP contribution in [0.3, 0.4) is 0 Å².